The maximum Gasteiger partial charge on any atom is 0.222 e. The Hall–Kier alpha value is -1.96. The summed E-state index contributed by atoms with van der Waals surface area (Å²) in [4.78, 5) is 23.7. The SMILES string of the molecule is CCn1cnnc1C1CCN(C(=O)CCc2c(C)nc(SC)nc2C)CC1. The van der Waals surface area contributed by atoms with Gasteiger partial charge in [0.1, 0.15) is 12.2 Å². The fourth-order valence-corrected chi connectivity index (χ4v) is 4.22. The fraction of sp³-hybridized carbons (Fsp3) is 0.632. The molecule has 1 aliphatic rings. The van der Waals surface area contributed by atoms with Gasteiger partial charge in [0.25, 0.3) is 0 Å². The van der Waals surface area contributed by atoms with Crippen molar-refractivity contribution in [3.05, 3.63) is 29.1 Å². The molecule has 2 aromatic rings. The largest absolute Gasteiger partial charge is 0.343 e. The Kier molecular flexibility index (Phi) is 6.46. The molecular weight excluding hydrogens is 360 g/mol. The molecule has 0 spiro atoms. The molecule has 1 amide bonds. The van der Waals surface area contributed by atoms with E-state index in [0.29, 0.717) is 18.8 Å². The molecule has 0 bridgehead atoms. The van der Waals surface area contributed by atoms with Gasteiger partial charge in [0, 0.05) is 43.4 Å². The Bertz CT molecular complexity index is 774. The molecule has 1 aliphatic heterocycles. The van der Waals surface area contributed by atoms with Crippen molar-refractivity contribution in [2.24, 2.45) is 0 Å². The van der Waals surface area contributed by atoms with Crippen LogP contribution in [0.4, 0.5) is 0 Å². The Balaban J connectivity index is 1.54. The summed E-state index contributed by atoms with van der Waals surface area (Å²) < 4.78 is 2.10. The lowest BCUT2D eigenvalue weighted by Gasteiger charge is -2.31. The van der Waals surface area contributed by atoms with Crippen molar-refractivity contribution < 1.29 is 4.79 Å². The average molecular weight is 389 g/mol. The highest BCUT2D eigenvalue weighted by atomic mass is 32.2. The number of amides is 1. The lowest BCUT2D eigenvalue weighted by Crippen LogP contribution is -2.38. The van der Waals surface area contributed by atoms with E-state index in [1.807, 2.05) is 25.0 Å². The molecule has 0 atom stereocenters. The Morgan fingerprint density at radius 1 is 1.22 bits per heavy atom. The number of aryl methyl sites for hydroxylation is 3. The Morgan fingerprint density at radius 3 is 2.48 bits per heavy atom. The van der Waals surface area contributed by atoms with Crippen LogP contribution in [-0.2, 0) is 17.8 Å². The molecule has 0 aromatic carbocycles. The van der Waals surface area contributed by atoms with Gasteiger partial charge in [-0.15, -0.1) is 10.2 Å². The van der Waals surface area contributed by atoms with Crippen molar-refractivity contribution in [1.82, 2.24) is 29.6 Å². The second kappa shape index (κ2) is 8.82. The van der Waals surface area contributed by atoms with E-state index in [9.17, 15) is 4.79 Å². The van der Waals surface area contributed by atoms with Gasteiger partial charge in [-0.1, -0.05) is 11.8 Å². The molecule has 0 radical (unpaired) electrons. The van der Waals surface area contributed by atoms with Crippen molar-refractivity contribution >= 4 is 17.7 Å². The molecule has 7 nitrogen and oxygen atoms in total. The number of hydrogen-bond donors (Lipinski definition) is 0. The number of carbonyl (C=O) groups is 1. The molecule has 27 heavy (non-hydrogen) atoms. The quantitative estimate of drug-likeness (QED) is 0.559. The fourth-order valence-electron chi connectivity index (χ4n) is 3.76. The van der Waals surface area contributed by atoms with Crippen LogP contribution in [0.25, 0.3) is 0 Å². The second-order valence-electron chi connectivity index (χ2n) is 6.99. The van der Waals surface area contributed by atoms with Crippen LogP contribution in [0.5, 0.6) is 0 Å². The van der Waals surface area contributed by atoms with Crippen molar-refractivity contribution in [2.75, 3.05) is 19.3 Å². The minimum absolute atomic E-state index is 0.221. The van der Waals surface area contributed by atoms with Crippen molar-refractivity contribution in [2.45, 2.75) is 64.1 Å². The van der Waals surface area contributed by atoms with Crippen molar-refractivity contribution in [3.63, 3.8) is 0 Å². The van der Waals surface area contributed by atoms with E-state index < -0.39 is 0 Å². The molecule has 3 rings (SSSR count). The van der Waals surface area contributed by atoms with Gasteiger partial charge in [-0.2, -0.15) is 0 Å². The molecule has 0 aliphatic carbocycles. The number of aromatic nitrogens is 5. The maximum absolute atomic E-state index is 12.7. The first-order valence-electron chi connectivity index (χ1n) is 9.57. The molecule has 3 heterocycles. The number of hydrogen-bond acceptors (Lipinski definition) is 6. The molecule has 8 heteroatoms. The van der Waals surface area contributed by atoms with Gasteiger partial charge in [0.15, 0.2) is 5.16 Å². The molecule has 0 N–H and O–H groups in total. The van der Waals surface area contributed by atoms with Crippen LogP contribution in [0.1, 0.15) is 54.9 Å². The Labute approximate surface area is 165 Å². The highest BCUT2D eigenvalue weighted by Gasteiger charge is 2.26. The average Bonchev–Trinajstić information content (AvgIpc) is 3.16. The lowest BCUT2D eigenvalue weighted by atomic mass is 9.95. The molecule has 146 valence electrons. The van der Waals surface area contributed by atoms with Gasteiger partial charge in [-0.25, -0.2) is 9.97 Å². The van der Waals surface area contributed by atoms with E-state index in [2.05, 4.69) is 31.7 Å². The van der Waals surface area contributed by atoms with Gasteiger partial charge in [-0.05, 0) is 51.9 Å². The molecule has 0 unspecified atom stereocenters. The van der Waals surface area contributed by atoms with Crippen LogP contribution in [0.15, 0.2) is 11.5 Å². The summed E-state index contributed by atoms with van der Waals surface area (Å²) >= 11 is 1.55. The summed E-state index contributed by atoms with van der Waals surface area (Å²) in [6.45, 7) is 8.58. The van der Waals surface area contributed by atoms with E-state index in [4.69, 9.17) is 0 Å². The molecule has 0 saturated carbocycles. The van der Waals surface area contributed by atoms with E-state index in [-0.39, 0.29) is 5.91 Å². The van der Waals surface area contributed by atoms with Crippen molar-refractivity contribution in [3.8, 4) is 0 Å². The predicted octanol–water partition coefficient (Wildman–Crippen LogP) is 2.77. The monoisotopic (exact) mass is 388 g/mol. The van der Waals surface area contributed by atoms with Crippen LogP contribution >= 0.6 is 11.8 Å². The summed E-state index contributed by atoms with van der Waals surface area (Å²) in [7, 11) is 0. The van der Waals surface area contributed by atoms with E-state index >= 15 is 0 Å². The number of thioether (sulfide) groups is 1. The number of carbonyl (C=O) groups excluding carboxylic acids is 1. The van der Waals surface area contributed by atoms with Gasteiger partial charge in [-0.3, -0.25) is 4.79 Å². The van der Waals surface area contributed by atoms with E-state index in [1.54, 1.807) is 18.1 Å². The zero-order valence-corrected chi connectivity index (χ0v) is 17.4. The summed E-state index contributed by atoms with van der Waals surface area (Å²) in [5, 5.41) is 9.11. The standard InChI is InChI=1S/C19H28N6OS/c1-5-24-12-20-23-18(24)15-8-10-25(11-9-15)17(26)7-6-16-13(2)21-19(27-4)22-14(16)3/h12,15H,5-11H2,1-4H3. The third kappa shape index (κ3) is 4.48. The Morgan fingerprint density at radius 2 is 1.89 bits per heavy atom. The van der Waals surface area contributed by atoms with E-state index in [1.165, 1.54) is 0 Å². The van der Waals surface area contributed by atoms with Gasteiger partial charge in [0.2, 0.25) is 5.91 Å². The smallest absolute Gasteiger partial charge is 0.222 e. The summed E-state index contributed by atoms with van der Waals surface area (Å²) in [5.41, 5.74) is 3.07. The maximum atomic E-state index is 12.7. The zero-order chi connectivity index (χ0) is 19.4. The summed E-state index contributed by atoms with van der Waals surface area (Å²) in [6, 6.07) is 0. The van der Waals surface area contributed by atoms with Crippen molar-refractivity contribution in [1.29, 1.82) is 0 Å². The minimum Gasteiger partial charge on any atom is -0.343 e. The third-order valence-corrected chi connectivity index (χ3v) is 5.92. The predicted molar refractivity (Wildman–Crippen MR) is 106 cm³/mol. The molecule has 2 aromatic heterocycles. The van der Waals surface area contributed by atoms with Crippen LogP contribution in [0, 0.1) is 13.8 Å². The second-order valence-corrected chi connectivity index (χ2v) is 7.76. The highest BCUT2D eigenvalue weighted by Crippen LogP contribution is 2.27. The first-order chi connectivity index (χ1) is 13.0. The van der Waals surface area contributed by atoms with Crippen LogP contribution in [0.2, 0.25) is 0 Å². The highest BCUT2D eigenvalue weighted by molar-refractivity contribution is 7.98. The molecule has 1 saturated heterocycles. The van der Waals surface area contributed by atoms with E-state index in [0.717, 1.165) is 60.4 Å². The number of nitrogens with zero attached hydrogens (tertiary/aromatic N) is 6. The van der Waals surface area contributed by atoms with Crippen LogP contribution in [0.3, 0.4) is 0 Å². The third-order valence-electron chi connectivity index (χ3n) is 5.37. The zero-order valence-electron chi connectivity index (χ0n) is 16.6. The minimum atomic E-state index is 0.221. The van der Waals surface area contributed by atoms with Crippen LogP contribution < -0.4 is 0 Å². The lowest BCUT2D eigenvalue weighted by molar-refractivity contribution is -0.132. The number of rotatable bonds is 6. The number of piperidine rings is 1. The van der Waals surface area contributed by atoms with Gasteiger partial charge in [0.05, 0.1) is 0 Å². The first-order valence-corrected chi connectivity index (χ1v) is 10.8. The molecule has 1 fully saturated rings. The van der Waals surface area contributed by atoms with Crippen LogP contribution in [-0.4, -0.2) is 54.9 Å². The normalized spacial score (nSPS) is 15.3. The summed E-state index contributed by atoms with van der Waals surface area (Å²) in [6.07, 6.45) is 6.89. The number of likely N-dealkylation sites (tertiary alicyclic amines) is 1. The molecular formula is C19H28N6OS. The topological polar surface area (TPSA) is 76.8 Å². The first kappa shape index (κ1) is 19.8. The van der Waals surface area contributed by atoms with Gasteiger partial charge < -0.3 is 9.47 Å². The van der Waals surface area contributed by atoms with Gasteiger partial charge >= 0.3 is 0 Å². The summed E-state index contributed by atoms with van der Waals surface area (Å²) in [5.74, 6) is 1.67.